The van der Waals surface area contributed by atoms with Gasteiger partial charge in [0.25, 0.3) is 5.91 Å². The van der Waals surface area contributed by atoms with Crippen LogP contribution in [-0.4, -0.2) is 14.3 Å². The quantitative estimate of drug-likeness (QED) is 0.888. The van der Waals surface area contributed by atoms with E-state index in [1.807, 2.05) is 18.2 Å². The van der Waals surface area contributed by atoms with Gasteiger partial charge in [0.05, 0.1) is 6.04 Å². The number of hydrogen-bond acceptors (Lipinski definition) is 4. The zero-order valence-electron chi connectivity index (χ0n) is 13.6. The lowest BCUT2D eigenvalue weighted by molar-refractivity contribution is 0.0928. The third-order valence-electron chi connectivity index (χ3n) is 4.39. The SMILES string of the molecule is Cc1oc(C)c(S(N)(=O)=O)c1C(=O)NC1CCCc2ccccc21. The summed E-state index contributed by atoms with van der Waals surface area (Å²) in [6, 6.07) is 7.81. The fourth-order valence-electron chi connectivity index (χ4n) is 3.40. The molecular formula is C17H20N2O4S. The van der Waals surface area contributed by atoms with Gasteiger partial charge < -0.3 is 9.73 Å². The van der Waals surface area contributed by atoms with Crippen molar-refractivity contribution < 1.29 is 17.6 Å². The number of nitrogens with one attached hydrogen (secondary N) is 1. The zero-order chi connectivity index (χ0) is 17.5. The van der Waals surface area contributed by atoms with Crippen LogP contribution in [-0.2, 0) is 16.4 Å². The number of aryl methyl sites for hydroxylation is 3. The van der Waals surface area contributed by atoms with Crippen LogP contribution in [0.4, 0.5) is 0 Å². The van der Waals surface area contributed by atoms with Crippen LogP contribution >= 0.6 is 0 Å². The normalized spacial score (nSPS) is 17.4. The maximum atomic E-state index is 12.7. The Morgan fingerprint density at radius 1 is 1.25 bits per heavy atom. The molecule has 0 spiro atoms. The molecule has 1 amide bonds. The molecule has 1 heterocycles. The highest BCUT2D eigenvalue weighted by Crippen LogP contribution is 2.31. The number of furan rings is 1. The fraction of sp³-hybridized carbons (Fsp3) is 0.353. The molecule has 6 nitrogen and oxygen atoms in total. The van der Waals surface area contributed by atoms with Crippen LogP contribution in [0, 0.1) is 13.8 Å². The lowest BCUT2D eigenvalue weighted by Gasteiger charge is -2.26. The van der Waals surface area contributed by atoms with Crippen LogP contribution in [0.1, 0.15) is 51.9 Å². The number of benzene rings is 1. The number of fused-ring (bicyclic) bond motifs is 1. The van der Waals surface area contributed by atoms with Crippen LogP contribution in [0.3, 0.4) is 0 Å². The second-order valence-corrected chi connectivity index (χ2v) is 7.58. The van der Waals surface area contributed by atoms with Crippen LogP contribution < -0.4 is 10.5 Å². The molecule has 0 saturated heterocycles. The summed E-state index contributed by atoms with van der Waals surface area (Å²) in [4.78, 5) is 12.5. The van der Waals surface area contributed by atoms with Crippen molar-refractivity contribution in [3.05, 3.63) is 52.5 Å². The minimum absolute atomic E-state index is 0.00180. The maximum absolute atomic E-state index is 12.7. The Labute approximate surface area is 141 Å². The van der Waals surface area contributed by atoms with Gasteiger partial charge in [0.1, 0.15) is 22.0 Å². The highest BCUT2D eigenvalue weighted by Gasteiger charge is 2.30. The number of sulfonamides is 1. The van der Waals surface area contributed by atoms with Gasteiger partial charge in [-0.2, -0.15) is 0 Å². The summed E-state index contributed by atoms with van der Waals surface area (Å²) in [5.74, 6) is -0.0996. The number of carbonyl (C=O) groups is 1. The Bertz CT molecular complexity index is 899. The highest BCUT2D eigenvalue weighted by molar-refractivity contribution is 7.89. The number of carbonyl (C=O) groups excluding carboxylic acids is 1. The fourth-order valence-corrected chi connectivity index (χ4v) is 4.37. The Morgan fingerprint density at radius 3 is 2.67 bits per heavy atom. The molecule has 3 N–H and O–H groups in total. The van der Waals surface area contributed by atoms with Gasteiger partial charge in [-0.25, -0.2) is 13.6 Å². The first-order valence-corrected chi connectivity index (χ1v) is 9.35. The zero-order valence-corrected chi connectivity index (χ0v) is 14.4. The van der Waals surface area contributed by atoms with Crippen LogP contribution in [0.5, 0.6) is 0 Å². The second kappa shape index (κ2) is 6.07. The molecule has 0 bridgehead atoms. The van der Waals surface area contributed by atoms with Crippen LogP contribution in [0.25, 0.3) is 0 Å². The standard InChI is InChI=1S/C17H20N2O4S/c1-10-15(16(11(2)23-10)24(18,21)22)17(20)19-14-9-5-7-12-6-3-4-8-13(12)14/h3-4,6,8,14H,5,7,9H2,1-2H3,(H,19,20)(H2,18,21,22). The van der Waals surface area contributed by atoms with E-state index in [9.17, 15) is 13.2 Å². The number of hydrogen-bond donors (Lipinski definition) is 2. The van der Waals surface area contributed by atoms with Gasteiger partial charge in [-0.1, -0.05) is 24.3 Å². The molecule has 2 aromatic rings. The number of primary sulfonamides is 1. The minimum atomic E-state index is -4.04. The predicted octanol–water partition coefficient (Wildman–Crippen LogP) is 2.35. The van der Waals surface area contributed by atoms with Crippen molar-refractivity contribution in [3.8, 4) is 0 Å². The number of amides is 1. The van der Waals surface area contributed by atoms with Gasteiger partial charge in [-0.05, 0) is 44.2 Å². The van der Waals surface area contributed by atoms with E-state index in [4.69, 9.17) is 9.56 Å². The number of nitrogens with two attached hydrogens (primary N) is 1. The smallest absolute Gasteiger partial charge is 0.256 e. The van der Waals surface area contributed by atoms with E-state index in [-0.39, 0.29) is 28.0 Å². The Morgan fingerprint density at radius 2 is 1.96 bits per heavy atom. The van der Waals surface area contributed by atoms with Crippen molar-refractivity contribution in [2.24, 2.45) is 5.14 Å². The summed E-state index contributed by atoms with van der Waals surface area (Å²) in [5.41, 5.74) is 2.28. The highest BCUT2D eigenvalue weighted by atomic mass is 32.2. The first kappa shape index (κ1) is 16.7. The lowest BCUT2D eigenvalue weighted by atomic mass is 9.87. The largest absolute Gasteiger partial charge is 0.464 e. The van der Waals surface area contributed by atoms with Gasteiger partial charge in [0.2, 0.25) is 10.0 Å². The van der Waals surface area contributed by atoms with Crippen molar-refractivity contribution >= 4 is 15.9 Å². The summed E-state index contributed by atoms with van der Waals surface area (Å²) in [6.45, 7) is 3.05. The van der Waals surface area contributed by atoms with Crippen molar-refractivity contribution in [1.29, 1.82) is 0 Å². The van der Waals surface area contributed by atoms with Gasteiger partial charge >= 0.3 is 0 Å². The molecule has 1 unspecified atom stereocenters. The molecule has 7 heteroatoms. The molecule has 1 aliphatic carbocycles. The molecule has 1 aromatic carbocycles. The summed E-state index contributed by atoms with van der Waals surface area (Å²) in [5, 5.41) is 8.19. The Balaban J connectivity index is 1.96. The molecule has 3 rings (SSSR count). The first-order chi connectivity index (χ1) is 11.3. The van der Waals surface area contributed by atoms with E-state index >= 15 is 0 Å². The second-order valence-electron chi connectivity index (χ2n) is 6.08. The average molecular weight is 348 g/mol. The molecule has 0 aliphatic heterocycles. The van der Waals surface area contributed by atoms with Gasteiger partial charge in [0.15, 0.2) is 0 Å². The average Bonchev–Trinajstić information content (AvgIpc) is 2.82. The van der Waals surface area contributed by atoms with Crippen LogP contribution in [0.15, 0.2) is 33.6 Å². The summed E-state index contributed by atoms with van der Waals surface area (Å²) in [7, 11) is -4.04. The van der Waals surface area contributed by atoms with E-state index in [1.54, 1.807) is 6.92 Å². The summed E-state index contributed by atoms with van der Waals surface area (Å²) >= 11 is 0. The molecule has 1 aromatic heterocycles. The molecule has 1 atom stereocenters. The number of rotatable bonds is 3. The van der Waals surface area contributed by atoms with E-state index in [2.05, 4.69) is 11.4 Å². The van der Waals surface area contributed by atoms with Crippen molar-refractivity contribution in [3.63, 3.8) is 0 Å². The molecule has 128 valence electrons. The molecule has 0 saturated carbocycles. The lowest BCUT2D eigenvalue weighted by Crippen LogP contribution is -2.32. The van der Waals surface area contributed by atoms with E-state index in [1.165, 1.54) is 12.5 Å². The Kier molecular flexibility index (Phi) is 4.23. The van der Waals surface area contributed by atoms with Gasteiger partial charge in [0, 0.05) is 0 Å². The molecular weight excluding hydrogens is 328 g/mol. The van der Waals surface area contributed by atoms with E-state index in [0.29, 0.717) is 0 Å². The van der Waals surface area contributed by atoms with Crippen molar-refractivity contribution in [2.45, 2.75) is 44.0 Å². The van der Waals surface area contributed by atoms with Gasteiger partial charge in [-0.15, -0.1) is 0 Å². The topological polar surface area (TPSA) is 102 Å². The van der Waals surface area contributed by atoms with Crippen molar-refractivity contribution in [1.82, 2.24) is 5.32 Å². The third kappa shape index (κ3) is 2.97. The Hall–Kier alpha value is -2.12. The van der Waals surface area contributed by atoms with E-state index < -0.39 is 15.9 Å². The summed E-state index contributed by atoms with van der Waals surface area (Å²) < 4.78 is 29.0. The molecule has 1 aliphatic rings. The molecule has 0 radical (unpaired) electrons. The predicted molar refractivity (Wildman–Crippen MR) is 89.1 cm³/mol. The summed E-state index contributed by atoms with van der Waals surface area (Å²) in [6.07, 6.45) is 2.76. The van der Waals surface area contributed by atoms with Crippen LogP contribution in [0.2, 0.25) is 0 Å². The molecule has 0 fully saturated rings. The minimum Gasteiger partial charge on any atom is -0.464 e. The third-order valence-corrected chi connectivity index (χ3v) is 5.45. The van der Waals surface area contributed by atoms with Crippen molar-refractivity contribution in [2.75, 3.05) is 0 Å². The van der Waals surface area contributed by atoms with E-state index in [0.717, 1.165) is 24.8 Å². The first-order valence-electron chi connectivity index (χ1n) is 7.80. The monoisotopic (exact) mass is 348 g/mol. The van der Waals surface area contributed by atoms with Gasteiger partial charge in [-0.3, -0.25) is 4.79 Å². The maximum Gasteiger partial charge on any atom is 0.256 e. The molecule has 24 heavy (non-hydrogen) atoms.